The van der Waals surface area contributed by atoms with Crippen LogP contribution in [0.5, 0.6) is 11.5 Å². The molecule has 174 valence electrons. The van der Waals surface area contributed by atoms with E-state index in [4.69, 9.17) is 9.47 Å². The SMILES string of the molecule is CCOc1ccc(C2=C(Nc3ccc(C(C)C)cc3)C(=O)N(c3ccccc3OC)C2=O)cc1. The van der Waals surface area contributed by atoms with Gasteiger partial charge in [-0.2, -0.15) is 0 Å². The number of para-hydroxylation sites is 2. The number of amides is 2. The largest absolute Gasteiger partial charge is 0.495 e. The Morgan fingerprint density at radius 1 is 0.882 bits per heavy atom. The summed E-state index contributed by atoms with van der Waals surface area (Å²) in [6.45, 7) is 6.70. The van der Waals surface area contributed by atoms with Crippen LogP contribution in [0.1, 0.15) is 37.8 Å². The maximum absolute atomic E-state index is 13.7. The molecule has 0 aromatic heterocycles. The molecule has 3 aromatic carbocycles. The van der Waals surface area contributed by atoms with E-state index in [0.29, 0.717) is 40.8 Å². The Bertz CT molecular complexity index is 1230. The van der Waals surface area contributed by atoms with E-state index in [1.54, 1.807) is 48.5 Å². The van der Waals surface area contributed by atoms with Crippen molar-refractivity contribution in [3.8, 4) is 11.5 Å². The minimum Gasteiger partial charge on any atom is -0.495 e. The van der Waals surface area contributed by atoms with Gasteiger partial charge in [-0.3, -0.25) is 9.59 Å². The van der Waals surface area contributed by atoms with Crippen molar-refractivity contribution in [3.05, 3.63) is 89.6 Å². The zero-order chi connectivity index (χ0) is 24.2. The van der Waals surface area contributed by atoms with Crippen LogP contribution in [-0.4, -0.2) is 25.5 Å². The maximum Gasteiger partial charge on any atom is 0.282 e. The van der Waals surface area contributed by atoms with E-state index in [0.717, 1.165) is 10.6 Å². The monoisotopic (exact) mass is 456 g/mol. The van der Waals surface area contributed by atoms with Crippen LogP contribution in [0.15, 0.2) is 78.5 Å². The number of rotatable bonds is 8. The summed E-state index contributed by atoms with van der Waals surface area (Å²) in [5.74, 6) is 0.677. The lowest BCUT2D eigenvalue weighted by molar-refractivity contribution is -0.120. The molecule has 1 heterocycles. The van der Waals surface area contributed by atoms with Gasteiger partial charge in [-0.05, 0) is 60.4 Å². The Morgan fingerprint density at radius 3 is 2.18 bits per heavy atom. The Kier molecular flexibility index (Phi) is 6.68. The molecule has 0 spiro atoms. The molecule has 1 aliphatic rings. The van der Waals surface area contributed by atoms with Gasteiger partial charge >= 0.3 is 0 Å². The number of carbonyl (C=O) groups excluding carboxylic acids is 2. The van der Waals surface area contributed by atoms with E-state index in [9.17, 15) is 9.59 Å². The fourth-order valence-corrected chi connectivity index (χ4v) is 3.93. The number of ether oxygens (including phenoxy) is 2. The Labute approximate surface area is 199 Å². The number of methoxy groups -OCH3 is 1. The van der Waals surface area contributed by atoms with Crippen LogP contribution in [0.3, 0.4) is 0 Å². The summed E-state index contributed by atoms with van der Waals surface area (Å²) in [5.41, 5.74) is 3.46. The smallest absolute Gasteiger partial charge is 0.282 e. The molecule has 2 amide bonds. The molecule has 1 aliphatic heterocycles. The molecular formula is C28H28N2O4. The molecule has 6 heteroatoms. The fourth-order valence-electron chi connectivity index (χ4n) is 3.93. The lowest BCUT2D eigenvalue weighted by Crippen LogP contribution is -2.32. The molecule has 0 atom stereocenters. The van der Waals surface area contributed by atoms with E-state index in [1.165, 1.54) is 12.7 Å². The average Bonchev–Trinajstić information content (AvgIpc) is 3.09. The van der Waals surface area contributed by atoms with Crippen molar-refractivity contribution in [1.82, 2.24) is 0 Å². The third-order valence-electron chi connectivity index (χ3n) is 5.71. The van der Waals surface area contributed by atoms with E-state index < -0.39 is 11.8 Å². The van der Waals surface area contributed by atoms with Crippen LogP contribution in [0.4, 0.5) is 11.4 Å². The highest BCUT2D eigenvalue weighted by atomic mass is 16.5. The number of nitrogens with zero attached hydrogens (tertiary/aromatic N) is 1. The number of hydrogen-bond acceptors (Lipinski definition) is 5. The molecule has 34 heavy (non-hydrogen) atoms. The van der Waals surface area contributed by atoms with E-state index in [1.807, 2.05) is 31.2 Å². The number of imide groups is 1. The van der Waals surface area contributed by atoms with Crippen molar-refractivity contribution in [2.24, 2.45) is 0 Å². The predicted octanol–water partition coefficient (Wildman–Crippen LogP) is 5.61. The highest BCUT2D eigenvalue weighted by molar-refractivity contribution is 6.46. The molecule has 6 nitrogen and oxygen atoms in total. The first-order chi connectivity index (χ1) is 16.4. The van der Waals surface area contributed by atoms with E-state index in [2.05, 4.69) is 19.2 Å². The molecule has 0 aliphatic carbocycles. The fraction of sp³-hybridized carbons (Fsp3) is 0.214. The Hall–Kier alpha value is -4.06. The summed E-state index contributed by atoms with van der Waals surface area (Å²) < 4.78 is 11.0. The summed E-state index contributed by atoms with van der Waals surface area (Å²) >= 11 is 0. The Balaban J connectivity index is 1.78. The van der Waals surface area contributed by atoms with Gasteiger partial charge in [0.05, 0.1) is 25.0 Å². The highest BCUT2D eigenvalue weighted by Gasteiger charge is 2.41. The van der Waals surface area contributed by atoms with Gasteiger partial charge in [-0.1, -0.05) is 50.2 Å². The van der Waals surface area contributed by atoms with Crippen molar-refractivity contribution in [3.63, 3.8) is 0 Å². The van der Waals surface area contributed by atoms with Gasteiger partial charge in [0.1, 0.15) is 17.2 Å². The number of benzene rings is 3. The lowest BCUT2D eigenvalue weighted by Gasteiger charge is -2.18. The standard InChI is InChI=1S/C28H28N2O4/c1-5-34-22-16-12-20(13-17-22)25-26(29-21-14-10-19(11-15-21)18(2)3)28(32)30(27(25)31)23-8-6-7-9-24(23)33-4/h6-18,29H,5H2,1-4H3. The number of hydrogen-bond donors (Lipinski definition) is 1. The minimum atomic E-state index is -0.439. The molecule has 1 N–H and O–H groups in total. The normalized spacial score (nSPS) is 13.6. The van der Waals surface area contributed by atoms with Gasteiger partial charge in [-0.15, -0.1) is 0 Å². The molecule has 0 saturated carbocycles. The third kappa shape index (κ3) is 4.39. The molecule has 0 radical (unpaired) electrons. The first kappa shape index (κ1) is 23.1. The van der Waals surface area contributed by atoms with Gasteiger partial charge in [0.25, 0.3) is 11.8 Å². The quantitative estimate of drug-likeness (QED) is 0.446. The predicted molar refractivity (Wildman–Crippen MR) is 134 cm³/mol. The third-order valence-corrected chi connectivity index (χ3v) is 5.71. The van der Waals surface area contributed by atoms with Crippen LogP contribution in [0.2, 0.25) is 0 Å². The Morgan fingerprint density at radius 2 is 1.56 bits per heavy atom. The molecule has 0 unspecified atom stereocenters. The highest BCUT2D eigenvalue weighted by Crippen LogP contribution is 2.38. The van der Waals surface area contributed by atoms with Crippen LogP contribution < -0.4 is 19.7 Å². The first-order valence-electron chi connectivity index (χ1n) is 11.3. The number of anilines is 2. The summed E-state index contributed by atoms with van der Waals surface area (Å²) in [5, 5.41) is 3.21. The van der Waals surface area contributed by atoms with Gasteiger partial charge < -0.3 is 14.8 Å². The van der Waals surface area contributed by atoms with Crippen LogP contribution >= 0.6 is 0 Å². The zero-order valence-electron chi connectivity index (χ0n) is 19.8. The van der Waals surface area contributed by atoms with Crippen LogP contribution in [0, 0.1) is 0 Å². The lowest BCUT2D eigenvalue weighted by atomic mass is 10.0. The second-order valence-electron chi connectivity index (χ2n) is 8.23. The van der Waals surface area contributed by atoms with Crippen molar-refractivity contribution < 1.29 is 19.1 Å². The van der Waals surface area contributed by atoms with Gasteiger partial charge in [-0.25, -0.2) is 4.90 Å². The second-order valence-corrected chi connectivity index (χ2v) is 8.23. The van der Waals surface area contributed by atoms with Gasteiger partial charge in [0, 0.05) is 5.69 Å². The second kappa shape index (κ2) is 9.83. The maximum atomic E-state index is 13.7. The van der Waals surface area contributed by atoms with Crippen molar-refractivity contribution in [2.75, 3.05) is 23.9 Å². The van der Waals surface area contributed by atoms with Crippen molar-refractivity contribution in [2.45, 2.75) is 26.7 Å². The summed E-state index contributed by atoms with van der Waals surface area (Å²) in [7, 11) is 1.51. The summed E-state index contributed by atoms with van der Waals surface area (Å²) in [4.78, 5) is 28.4. The molecule has 0 bridgehead atoms. The molecule has 3 aromatic rings. The summed E-state index contributed by atoms with van der Waals surface area (Å²) in [6.07, 6.45) is 0. The van der Waals surface area contributed by atoms with Gasteiger partial charge in [0.15, 0.2) is 0 Å². The average molecular weight is 457 g/mol. The topological polar surface area (TPSA) is 67.9 Å². The van der Waals surface area contributed by atoms with Crippen molar-refractivity contribution >= 4 is 28.8 Å². The number of carbonyl (C=O) groups is 2. The molecule has 0 fully saturated rings. The molecule has 4 rings (SSSR count). The first-order valence-corrected chi connectivity index (χ1v) is 11.3. The zero-order valence-corrected chi connectivity index (χ0v) is 19.8. The summed E-state index contributed by atoms with van der Waals surface area (Å²) in [6, 6.07) is 22.0. The molecule has 0 saturated heterocycles. The minimum absolute atomic E-state index is 0.220. The van der Waals surface area contributed by atoms with Crippen molar-refractivity contribution in [1.29, 1.82) is 0 Å². The van der Waals surface area contributed by atoms with Crippen LogP contribution in [0.25, 0.3) is 5.57 Å². The number of nitrogens with one attached hydrogen (secondary N) is 1. The van der Waals surface area contributed by atoms with E-state index >= 15 is 0 Å². The van der Waals surface area contributed by atoms with E-state index in [-0.39, 0.29) is 5.70 Å². The molecular weight excluding hydrogens is 428 g/mol. The van der Waals surface area contributed by atoms with Crippen LogP contribution in [-0.2, 0) is 9.59 Å². The van der Waals surface area contributed by atoms with Gasteiger partial charge in [0.2, 0.25) is 0 Å².